The molecule has 3 rings (SSSR count). The third kappa shape index (κ3) is 3.07. The van der Waals surface area contributed by atoms with Crippen molar-refractivity contribution in [1.29, 1.82) is 5.26 Å². The van der Waals surface area contributed by atoms with Crippen molar-refractivity contribution < 1.29 is 5.11 Å². The Kier molecular flexibility index (Phi) is 4.07. The summed E-state index contributed by atoms with van der Waals surface area (Å²) in [4.78, 5) is 24.7. The van der Waals surface area contributed by atoms with Gasteiger partial charge in [0.1, 0.15) is 11.6 Å². The van der Waals surface area contributed by atoms with Crippen molar-refractivity contribution >= 4 is 11.6 Å². The molecule has 1 unspecified atom stereocenters. The van der Waals surface area contributed by atoms with Gasteiger partial charge >= 0.3 is 5.69 Å². The van der Waals surface area contributed by atoms with Crippen LogP contribution in [0.4, 0.5) is 0 Å². The van der Waals surface area contributed by atoms with Crippen LogP contribution in [-0.2, 0) is 6.54 Å². The summed E-state index contributed by atoms with van der Waals surface area (Å²) >= 11 is 5.80. The maximum Gasteiger partial charge on any atom is 0.331 e. The topological polar surface area (TPSA) is 88.0 Å². The largest absolute Gasteiger partial charge is 0.387 e. The molecule has 6 nitrogen and oxygen atoms in total. The fraction of sp³-hybridized carbons (Fsp3) is 0.312. The molecule has 0 bridgehead atoms. The highest BCUT2D eigenvalue weighted by Gasteiger charge is 2.27. The highest BCUT2D eigenvalue weighted by Crippen LogP contribution is 2.33. The summed E-state index contributed by atoms with van der Waals surface area (Å²) in [6, 6.07) is 8.36. The third-order valence-corrected chi connectivity index (χ3v) is 4.12. The fourth-order valence-corrected chi connectivity index (χ4v) is 2.56. The Morgan fingerprint density at radius 3 is 2.52 bits per heavy atom. The average molecular weight is 332 g/mol. The zero-order valence-electron chi connectivity index (χ0n) is 12.1. The van der Waals surface area contributed by atoms with Crippen LogP contribution >= 0.6 is 11.6 Å². The molecule has 7 heteroatoms. The Labute approximate surface area is 136 Å². The Morgan fingerprint density at radius 2 is 1.96 bits per heavy atom. The SMILES string of the molecule is N#Cc1cn(C2CC2)c(=O)n(CC(O)c2ccc(Cl)cc2)c1=O. The van der Waals surface area contributed by atoms with E-state index >= 15 is 0 Å². The number of nitriles is 1. The quantitative estimate of drug-likeness (QED) is 0.921. The summed E-state index contributed by atoms with van der Waals surface area (Å²) < 4.78 is 2.34. The molecular formula is C16H14ClN3O3. The van der Waals surface area contributed by atoms with E-state index in [1.165, 1.54) is 10.8 Å². The first kappa shape index (κ1) is 15.5. The number of hydrogen-bond donors (Lipinski definition) is 1. The molecule has 1 saturated carbocycles. The van der Waals surface area contributed by atoms with E-state index in [1.807, 2.05) is 6.07 Å². The summed E-state index contributed by atoms with van der Waals surface area (Å²) in [5.74, 6) is 0. The molecule has 1 aromatic carbocycles. The molecule has 0 saturated heterocycles. The number of aliphatic hydroxyl groups excluding tert-OH is 1. The minimum absolute atomic E-state index is 0.0362. The second-order valence-corrected chi connectivity index (χ2v) is 6.00. The van der Waals surface area contributed by atoms with Crippen LogP contribution in [-0.4, -0.2) is 14.2 Å². The Balaban J connectivity index is 2.00. The van der Waals surface area contributed by atoms with Gasteiger partial charge in [-0.1, -0.05) is 23.7 Å². The molecule has 0 aliphatic heterocycles. The summed E-state index contributed by atoms with van der Waals surface area (Å²) in [5.41, 5.74) is -0.729. The first-order valence-corrected chi connectivity index (χ1v) is 7.58. The minimum atomic E-state index is -1.04. The number of benzene rings is 1. The van der Waals surface area contributed by atoms with Crippen molar-refractivity contribution in [3.63, 3.8) is 0 Å². The van der Waals surface area contributed by atoms with E-state index in [9.17, 15) is 14.7 Å². The lowest BCUT2D eigenvalue weighted by atomic mass is 10.1. The molecule has 0 radical (unpaired) electrons. The van der Waals surface area contributed by atoms with Gasteiger partial charge in [0.15, 0.2) is 0 Å². The zero-order chi connectivity index (χ0) is 16.6. The minimum Gasteiger partial charge on any atom is -0.387 e. The lowest BCUT2D eigenvalue weighted by molar-refractivity contribution is 0.152. The maximum atomic E-state index is 12.4. The first-order chi connectivity index (χ1) is 11.0. The highest BCUT2D eigenvalue weighted by molar-refractivity contribution is 6.30. The molecule has 1 heterocycles. The molecule has 2 aromatic rings. The van der Waals surface area contributed by atoms with E-state index in [0.29, 0.717) is 10.6 Å². The van der Waals surface area contributed by atoms with Crippen LogP contribution in [0.2, 0.25) is 5.02 Å². The zero-order valence-corrected chi connectivity index (χ0v) is 12.9. The van der Waals surface area contributed by atoms with Gasteiger partial charge in [0.25, 0.3) is 5.56 Å². The molecular weight excluding hydrogens is 318 g/mol. The van der Waals surface area contributed by atoms with Crippen LogP contribution in [0.3, 0.4) is 0 Å². The molecule has 1 aliphatic carbocycles. The van der Waals surface area contributed by atoms with Gasteiger partial charge in [0.05, 0.1) is 12.6 Å². The van der Waals surface area contributed by atoms with Gasteiger partial charge in [-0.25, -0.2) is 4.79 Å². The van der Waals surface area contributed by atoms with Crippen molar-refractivity contribution in [3.8, 4) is 6.07 Å². The summed E-state index contributed by atoms with van der Waals surface area (Å²) in [6.07, 6.45) is 1.97. The van der Waals surface area contributed by atoms with Crippen molar-refractivity contribution in [2.75, 3.05) is 0 Å². The number of hydrogen-bond acceptors (Lipinski definition) is 4. The van der Waals surface area contributed by atoms with Crippen LogP contribution < -0.4 is 11.2 Å². The van der Waals surface area contributed by atoms with Gasteiger partial charge in [0.2, 0.25) is 0 Å². The molecule has 1 N–H and O–H groups in total. The van der Waals surface area contributed by atoms with Crippen LogP contribution in [0, 0.1) is 11.3 Å². The summed E-state index contributed by atoms with van der Waals surface area (Å²) in [7, 11) is 0. The van der Waals surface area contributed by atoms with E-state index < -0.39 is 17.4 Å². The summed E-state index contributed by atoms with van der Waals surface area (Å²) in [5, 5.41) is 19.9. The predicted octanol–water partition coefficient (Wildman–Crippen LogP) is 1.60. The van der Waals surface area contributed by atoms with Gasteiger partial charge in [-0.15, -0.1) is 0 Å². The standard InChI is InChI=1S/C16H14ClN3O3/c17-12-3-1-10(2-4-12)14(21)9-20-15(22)11(7-18)8-19(16(20)23)13-5-6-13/h1-4,8,13-14,21H,5-6,9H2. The van der Waals surface area contributed by atoms with Crippen LogP contribution in [0.15, 0.2) is 40.1 Å². The smallest absolute Gasteiger partial charge is 0.331 e. The molecule has 1 aromatic heterocycles. The highest BCUT2D eigenvalue weighted by atomic mass is 35.5. The molecule has 1 atom stereocenters. The molecule has 0 spiro atoms. The molecule has 23 heavy (non-hydrogen) atoms. The molecule has 1 aliphatic rings. The lowest BCUT2D eigenvalue weighted by Gasteiger charge is -2.14. The van der Waals surface area contributed by atoms with Gasteiger partial charge in [-0.3, -0.25) is 13.9 Å². The predicted molar refractivity (Wildman–Crippen MR) is 84.4 cm³/mol. The molecule has 118 valence electrons. The van der Waals surface area contributed by atoms with E-state index in [1.54, 1.807) is 24.3 Å². The normalized spacial score (nSPS) is 15.2. The van der Waals surface area contributed by atoms with E-state index in [2.05, 4.69) is 0 Å². The van der Waals surface area contributed by atoms with Gasteiger partial charge in [0, 0.05) is 17.3 Å². The van der Waals surface area contributed by atoms with Crippen LogP contribution in [0.25, 0.3) is 0 Å². The van der Waals surface area contributed by atoms with Crippen molar-refractivity contribution in [2.24, 2.45) is 0 Å². The summed E-state index contributed by atoms with van der Waals surface area (Å²) in [6.45, 7) is -0.207. The second-order valence-electron chi connectivity index (χ2n) is 5.56. The Morgan fingerprint density at radius 1 is 1.30 bits per heavy atom. The Bertz CT molecular complexity index is 889. The lowest BCUT2D eigenvalue weighted by Crippen LogP contribution is -2.41. The molecule has 0 amide bonds. The van der Waals surface area contributed by atoms with Crippen molar-refractivity contribution in [3.05, 3.63) is 67.4 Å². The number of aliphatic hydroxyl groups is 1. The fourth-order valence-electron chi connectivity index (χ4n) is 2.44. The third-order valence-electron chi connectivity index (χ3n) is 3.87. The van der Waals surface area contributed by atoms with E-state index in [-0.39, 0.29) is 18.2 Å². The number of aromatic nitrogens is 2. The maximum absolute atomic E-state index is 12.4. The van der Waals surface area contributed by atoms with Gasteiger partial charge in [-0.05, 0) is 30.5 Å². The van der Waals surface area contributed by atoms with Crippen molar-refractivity contribution in [1.82, 2.24) is 9.13 Å². The monoisotopic (exact) mass is 331 g/mol. The average Bonchev–Trinajstić information content (AvgIpc) is 3.37. The van der Waals surface area contributed by atoms with E-state index in [4.69, 9.17) is 16.9 Å². The molecule has 1 fully saturated rings. The number of nitrogens with zero attached hydrogens (tertiary/aromatic N) is 3. The number of halogens is 1. The van der Waals surface area contributed by atoms with Gasteiger partial charge in [-0.2, -0.15) is 5.26 Å². The van der Waals surface area contributed by atoms with Gasteiger partial charge < -0.3 is 5.11 Å². The van der Waals surface area contributed by atoms with Crippen molar-refractivity contribution in [2.45, 2.75) is 31.5 Å². The number of rotatable bonds is 4. The van der Waals surface area contributed by atoms with Crippen LogP contribution in [0.5, 0.6) is 0 Å². The second kappa shape index (κ2) is 6.03. The Hall–Kier alpha value is -2.36. The van der Waals surface area contributed by atoms with Crippen LogP contribution in [0.1, 0.15) is 36.1 Å². The first-order valence-electron chi connectivity index (χ1n) is 7.21. The van der Waals surface area contributed by atoms with E-state index in [0.717, 1.165) is 17.4 Å².